The Bertz CT molecular complexity index is 748. The van der Waals surface area contributed by atoms with Crippen LogP contribution in [0.15, 0.2) is 59.5 Å². The maximum absolute atomic E-state index is 11.8. The van der Waals surface area contributed by atoms with Crippen LogP contribution in [-0.2, 0) is 14.3 Å². The molecule has 0 radical (unpaired) electrons. The highest BCUT2D eigenvalue weighted by Crippen LogP contribution is 2.17. The lowest BCUT2D eigenvalue weighted by Crippen LogP contribution is -2.21. The van der Waals surface area contributed by atoms with Gasteiger partial charge < -0.3 is 15.4 Å². The quantitative estimate of drug-likeness (QED) is 0.550. The molecule has 0 aromatic heterocycles. The second kappa shape index (κ2) is 10.2. The van der Waals surface area contributed by atoms with Crippen molar-refractivity contribution in [3.8, 4) is 0 Å². The monoisotopic (exact) mass is 372 g/mol. The van der Waals surface area contributed by atoms with Crippen molar-refractivity contribution >= 4 is 35.2 Å². The predicted octanol–water partition coefficient (Wildman–Crippen LogP) is 2.71. The van der Waals surface area contributed by atoms with Gasteiger partial charge in [-0.15, -0.1) is 11.8 Å². The number of esters is 1. The lowest BCUT2D eigenvalue weighted by atomic mass is 10.2. The molecule has 2 aromatic carbocycles. The molecule has 2 N–H and O–H groups in total. The van der Waals surface area contributed by atoms with Gasteiger partial charge in [-0.05, 0) is 36.4 Å². The number of ether oxygens (including phenoxy) is 1. The number of carbonyl (C=O) groups excluding carboxylic acids is 3. The summed E-state index contributed by atoms with van der Waals surface area (Å²) in [5.41, 5.74) is 1.02. The van der Waals surface area contributed by atoms with Gasteiger partial charge in [0.15, 0.2) is 6.61 Å². The molecule has 2 amide bonds. The van der Waals surface area contributed by atoms with Crippen molar-refractivity contribution in [3.05, 3.63) is 60.2 Å². The smallest absolute Gasteiger partial charge is 0.307 e. The number of carbonyl (C=O) groups is 3. The molecule has 7 heteroatoms. The third-order valence-corrected chi connectivity index (χ3v) is 4.35. The maximum atomic E-state index is 11.8. The molecule has 0 spiro atoms. The molecular weight excluding hydrogens is 352 g/mol. The molecule has 0 saturated carbocycles. The van der Waals surface area contributed by atoms with Crippen LogP contribution < -0.4 is 10.6 Å². The van der Waals surface area contributed by atoms with Crippen molar-refractivity contribution in [2.45, 2.75) is 11.3 Å². The summed E-state index contributed by atoms with van der Waals surface area (Å²) in [6.07, 6.45) is 0.230. The molecule has 26 heavy (non-hydrogen) atoms. The highest BCUT2D eigenvalue weighted by molar-refractivity contribution is 7.99. The van der Waals surface area contributed by atoms with E-state index < -0.39 is 11.9 Å². The first-order chi connectivity index (χ1) is 12.6. The van der Waals surface area contributed by atoms with Gasteiger partial charge in [0, 0.05) is 28.9 Å². The molecule has 2 aromatic rings. The van der Waals surface area contributed by atoms with E-state index in [1.165, 1.54) is 0 Å². The largest absolute Gasteiger partial charge is 0.456 e. The molecule has 0 aliphatic rings. The Kier molecular flexibility index (Phi) is 7.70. The summed E-state index contributed by atoms with van der Waals surface area (Å²) in [6, 6.07) is 16.2. The van der Waals surface area contributed by atoms with Gasteiger partial charge >= 0.3 is 5.97 Å². The van der Waals surface area contributed by atoms with Gasteiger partial charge in [-0.2, -0.15) is 0 Å². The molecule has 0 aliphatic carbocycles. The van der Waals surface area contributed by atoms with Crippen molar-refractivity contribution in [1.29, 1.82) is 0 Å². The number of anilines is 1. The third-order valence-electron chi connectivity index (χ3n) is 3.34. The fourth-order valence-corrected chi connectivity index (χ4v) is 2.89. The summed E-state index contributed by atoms with van der Waals surface area (Å²) in [4.78, 5) is 36.0. The SMILES string of the molecule is CNC(=O)c1ccc(NC(=O)COC(=O)CCSc2ccccc2)cc1. The lowest BCUT2D eigenvalue weighted by Gasteiger charge is -2.07. The van der Waals surface area contributed by atoms with Crippen molar-refractivity contribution in [1.82, 2.24) is 5.32 Å². The molecule has 2 rings (SSSR count). The van der Waals surface area contributed by atoms with Gasteiger partial charge in [-0.3, -0.25) is 14.4 Å². The first-order valence-corrected chi connectivity index (χ1v) is 9.02. The Balaban J connectivity index is 1.67. The third kappa shape index (κ3) is 6.60. The summed E-state index contributed by atoms with van der Waals surface area (Å²) in [6.45, 7) is -0.341. The average molecular weight is 372 g/mol. The summed E-state index contributed by atoms with van der Waals surface area (Å²) in [5, 5.41) is 5.13. The molecule has 6 nitrogen and oxygen atoms in total. The number of amides is 2. The van der Waals surface area contributed by atoms with Crippen LogP contribution in [0.2, 0.25) is 0 Å². The van der Waals surface area contributed by atoms with Gasteiger partial charge in [-0.25, -0.2) is 0 Å². The van der Waals surface area contributed by atoms with E-state index in [2.05, 4.69) is 10.6 Å². The lowest BCUT2D eigenvalue weighted by molar-refractivity contribution is -0.146. The topological polar surface area (TPSA) is 84.5 Å². The zero-order valence-corrected chi connectivity index (χ0v) is 15.2. The minimum atomic E-state index is -0.429. The minimum absolute atomic E-state index is 0.204. The number of hydrogen-bond acceptors (Lipinski definition) is 5. The molecule has 0 atom stereocenters. The van der Waals surface area contributed by atoms with E-state index in [0.29, 0.717) is 17.0 Å². The Morgan fingerprint density at radius 3 is 2.35 bits per heavy atom. The molecule has 0 aliphatic heterocycles. The fourth-order valence-electron chi connectivity index (χ4n) is 2.03. The standard InChI is InChI=1S/C19H20N2O4S/c1-20-19(24)14-7-9-15(10-8-14)21-17(22)13-25-18(23)11-12-26-16-5-3-2-4-6-16/h2-10H,11-13H2,1H3,(H,20,24)(H,21,22). The normalized spacial score (nSPS) is 10.0. The first-order valence-electron chi connectivity index (χ1n) is 8.04. The molecule has 0 heterocycles. The maximum Gasteiger partial charge on any atom is 0.307 e. The number of nitrogens with one attached hydrogen (secondary N) is 2. The highest BCUT2D eigenvalue weighted by Gasteiger charge is 2.09. The Morgan fingerprint density at radius 2 is 1.69 bits per heavy atom. The van der Waals surface area contributed by atoms with Crippen LogP contribution in [0.1, 0.15) is 16.8 Å². The van der Waals surface area contributed by atoms with Crippen LogP contribution in [0, 0.1) is 0 Å². The molecule has 0 fully saturated rings. The van der Waals surface area contributed by atoms with Crippen LogP contribution in [0.3, 0.4) is 0 Å². The second-order valence-electron chi connectivity index (χ2n) is 5.28. The Hall–Kier alpha value is -2.80. The van der Waals surface area contributed by atoms with E-state index in [9.17, 15) is 14.4 Å². The van der Waals surface area contributed by atoms with Crippen LogP contribution in [0.25, 0.3) is 0 Å². The van der Waals surface area contributed by atoms with Gasteiger partial charge in [-0.1, -0.05) is 18.2 Å². The van der Waals surface area contributed by atoms with Crippen molar-refractivity contribution in [2.24, 2.45) is 0 Å². The number of rotatable bonds is 8. The van der Waals surface area contributed by atoms with Crippen LogP contribution >= 0.6 is 11.8 Å². The number of thioether (sulfide) groups is 1. The molecule has 0 bridgehead atoms. The number of hydrogen-bond donors (Lipinski definition) is 2. The predicted molar refractivity (Wildman–Crippen MR) is 101 cm³/mol. The summed E-state index contributed by atoms with van der Waals surface area (Å²) >= 11 is 1.56. The fraction of sp³-hybridized carbons (Fsp3) is 0.211. The van der Waals surface area contributed by atoms with Crippen molar-refractivity contribution in [3.63, 3.8) is 0 Å². The van der Waals surface area contributed by atoms with E-state index in [-0.39, 0.29) is 18.9 Å². The zero-order valence-electron chi connectivity index (χ0n) is 14.4. The Labute approximate surface area is 156 Å². The number of benzene rings is 2. The first kappa shape index (κ1) is 19.5. The summed E-state index contributed by atoms with van der Waals surface area (Å²) in [5.74, 6) is -0.462. The average Bonchev–Trinajstić information content (AvgIpc) is 2.67. The van der Waals surface area contributed by atoms with E-state index in [1.54, 1.807) is 43.1 Å². The van der Waals surface area contributed by atoms with Crippen molar-refractivity contribution in [2.75, 3.05) is 24.7 Å². The van der Waals surface area contributed by atoms with Gasteiger partial charge in [0.1, 0.15) is 0 Å². The van der Waals surface area contributed by atoms with E-state index in [4.69, 9.17) is 4.74 Å². The van der Waals surface area contributed by atoms with Gasteiger partial charge in [0.25, 0.3) is 11.8 Å². The zero-order chi connectivity index (χ0) is 18.8. The second-order valence-corrected chi connectivity index (χ2v) is 6.45. The van der Waals surface area contributed by atoms with Crippen molar-refractivity contribution < 1.29 is 19.1 Å². The van der Waals surface area contributed by atoms with E-state index in [0.717, 1.165) is 4.90 Å². The van der Waals surface area contributed by atoms with Crippen LogP contribution in [0.4, 0.5) is 5.69 Å². The van der Waals surface area contributed by atoms with Crippen LogP contribution in [-0.4, -0.2) is 37.2 Å². The van der Waals surface area contributed by atoms with Crippen LogP contribution in [0.5, 0.6) is 0 Å². The summed E-state index contributed by atoms with van der Waals surface area (Å²) in [7, 11) is 1.55. The minimum Gasteiger partial charge on any atom is -0.456 e. The van der Waals surface area contributed by atoms with E-state index >= 15 is 0 Å². The highest BCUT2D eigenvalue weighted by atomic mass is 32.2. The van der Waals surface area contributed by atoms with Gasteiger partial charge in [0.2, 0.25) is 0 Å². The molecule has 0 saturated heterocycles. The molecule has 0 unspecified atom stereocenters. The molecule has 136 valence electrons. The Morgan fingerprint density at radius 1 is 1.00 bits per heavy atom. The van der Waals surface area contributed by atoms with E-state index in [1.807, 2.05) is 30.3 Å². The van der Waals surface area contributed by atoms with Gasteiger partial charge in [0.05, 0.1) is 6.42 Å². The summed E-state index contributed by atoms with van der Waals surface area (Å²) < 4.78 is 4.96. The molecular formula is C19H20N2O4S.